The molecule has 4 heterocycles. The molecule has 4 aromatic heterocycles. The Morgan fingerprint density at radius 2 is 2.00 bits per heavy atom. The first-order valence-electron chi connectivity index (χ1n) is 9.86. The molecule has 0 saturated heterocycles. The van der Waals surface area contributed by atoms with Crippen LogP contribution in [0.25, 0.3) is 21.9 Å². The van der Waals surface area contributed by atoms with Crippen molar-refractivity contribution in [1.29, 1.82) is 0 Å². The molecule has 5 rings (SSSR count). The predicted octanol–water partition coefficient (Wildman–Crippen LogP) is 2.78. The minimum Gasteiger partial charge on any atom is -0.495 e. The third-order valence-electron chi connectivity index (χ3n) is 5.24. The molecule has 0 aliphatic carbocycles. The molecular formula is C21H20N6O5S. The molecule has 0 bridgehead atoms. The monoisotopic (exact) mass is 468 g/mol. The van der Waals surface area contributed by atoms with E-state index in [1.54, 1.807) is 41.3 Å². The van der Waals surface area contributed by atoms with Gasteiger partial charge in [-0.05, 0) is 18.2 Å². The second-order valence-corrected chi connectivity index (χ2v) is 8.98. The fraction of sp³-hybridized carbons (Fsp3) is 0.190. The number of anilines is 1. The van der Waals surface area contributed by atoms with Crippen molar-refractivity contribution in [3.63, 3.8) is 0 Å². The van der Waals surface area contributed by atoms with Crippen molar-refractivity contribution in [3.8, 4) is 11.6 Å². The first-order valence-corrected chi connectivity index (χ1v) is 11.3. The largest absolute Gasteiger partial charge is 0.495 e. The maximum Gasteiger partial charge on any atom is 0.266 e. The Bertz CT molecular complexity index is 1570. The summed E-state index contributed by atoms with van der Waals surface area (Å²) in [4.78, 5) is 4.44. The number of benzene rings is 1. The Labute approximate surface area is 188 Å². The van der Waals surface area contributed by atoms with Crippen molar-refractivity contribution in [3.05, 3.63) is 54.6 Å². The van der Waals surface area contributed by atoms with Crippen LogP contribution in [0.5, 0.6) is 11.6 Å². The average Bonchev–Trinajstić information content (AvgIpc) is 3.54. The van der Waals surface area contributed by atoms with Crippen LogP contribution in [0.3, 0.4) is 0 Å². The van der Waals surface area contributed by atoms with E-state index < -0.39 is 10.0 Å². The zero-order valence-electron chi connectivity index (χ0n) is 18.0. The lowest BCUT2D eigenvalue weighted by Gasteiger charge is -2.12. The van der Waals surface area contributed by atoms with Gasteiger partial charge in [-0.1, -0.05) is 5.16 Å². The number of aromatic nitrogens is 5. The highest BCUT2D eigenvalue weighted by molar-refractivity contribution is 7.92. The van der Waals surface area contributed by atoms with E-state index in [2.05, 4.69) is 20.0 Å². The van der Waals surface area contributed by atoms with E-state index in [1.165, 1.54) is 14.2 Å². The van der Waals surface area contributed by atoms with Crippen molar-refractivity contribution >= 4 is 37.7 Å². The molecule has 5 aromatic rings. The van der Waals surface area contributed by atoms with Crippen molar-refractivity contribution in [1.82, 2.24) is 24.5 Å². The van der Waals surface area contributed by atoms with Crippen LogP contribution in [0.4, 0.5) is 5.82 Å². The maximum atomic E-state index is 13.3. The number of methoxy groups -OCH3 is 2. The number of sulfonamides is 1. The number of rotatable bonds is 7. The van der Waals surface area contributed by atoms with E-state index >= 15 is 0 Å². The van der Waals surface area contributed by atoms with Crippen LogP contribution < -0.4 is 14.2 Å². The van der Waals surface area contributed by atoms with Crippen LogP contribution in [-0.4, -0.2) is 47.1 Å². The summed E-state index contributed by atoms with van der Waals surface area (Å²) in [7, 11) is 0.652. The van der Waals surface area contributed by atoms with Crippen LogP contribution in [-0.2, 0) is 23.6 Å². The summed E-state index contributed by atoms with van der Waals surface area (Å²) in [5.41, 5.74) is 1.78. The summed E-state index contributed by atoms with van der Waals surface area (Å²) < 4.78 is 48.8. The number of nitrogens with zero attached hydrogens (tertiary/aromatic N) is 5. The number of nitrogens with one attached hydrogen (secondary N) is 1. The number of fused-ring (bicyclic) bond motifs is 2. The molecule has 0 unspecified atom stereocenters. The van der Waals surface area contributed by atoms with Crippen molar-refractivity contribution in [2.45, 2.75) is 11.4 Å². The number of hydrogen-bond acceptors (Lipinski definition) is 8. The number of ether oxygens (including phenoxy) is 2. The number of hydrogen-bond donors (Lipinski definition) is 1. The fourth-order valence-corrected chi connectivity index (χ4v) is 4.86. The Kier molecular flexibility index (Phi) is 4.93. The molecule has 1 N–H and O–H groups in total. The first-order chi connectivity index (χ1) is 15.9. The van der Waals surface area contributed by atoms with Crippen LogP contribution >= 0.6 is 0 Å². The van der Waals surface area contributed by atoms with E-state index in [4.69, 9.17) is 14.0 Å². The lowest BCUT2D eigenvalue weighted by atomic mass is 10.2. The molecule has 0 saturated carbocycles. The van der Waals surface area contributed by atoms with E-state index in [0.717, 1.165) is 10.9 Å². The van der Waals surface area contributed by atoms with Gasteiger partial charge in [-0.15, -0.1) is 0 Å². The van der Waals surface area contributed by atoms with E-state index in [-0.39, 0.29) is 22.3 Å². The molecule has 1 aromatic carbocycles. The highest BCUT2D eigenvalue weighted by Gasteiger charge is 2.26. The zero-order chi connectivity index (χ0) is 23.2. The SMILES string of the molecule is COc1cc2c(ccn2C)cc1S(=O)(=O)Nc1noc2cc(Cn3cccn3)nc(OC)c12. The van der Waals surface area contributed by atoms with Gasteiger partial charge in [0.2, 0.25) is 5.88 Å². The van der Waals surface area contributed by atoms with E-state index in [1.807, 2.05) is 23.9 Å². The van der Waals surface area contributed by atoms with Crippen LogP contribution in [0.2, 0.25) is 0 Å². The summed E-state index contributed by atoms with van der Waals surface area (Å²) >= 11 is 0. The van der Waals surface area contributed by atoms with Gasteiger partial charge in [0.1, 0.15) is 16.0 Å². The Balaban J connectivity index is 1.55. The molecule has 0 radical (unpaired) electrons. The van der Waals surface area contributed by atoms with Gasteiger partial charge in [-0.25, -0.2) is 13.4 Å². The van der Waals surface area contributed by atoms with Gasteiger partial charge < -0.3 is 18.6 Å². The minimum absolute atomic E-state index is 0.0259. The highest BCUT2D eigenvalue weighted by Crippen LogP contribution is 2.35. The number of aryl methyl sites for hydroxylation is 1. The molecule has 0 aliphatic heterocycles. The third-order valence-corrected chi connectivity index (χ3v) is 6.60. The van der Waals surface area contributed by atoms with Crippen LogP contribution in [0.15, 0.2) is 58.3 Å². The predicted molar refractivity (Wildman–Crippen MR) is 120 cm³/mol. The fourth-order valence-electron chi connectivity index (χ4n) is 3.66. The van der Waals surface area contributed by atoms with Gasteiger partial charge in [0.15, 0.2) is 11.4 Å². The summed E-state index contributed by atoms with van der Waals surface area (Å²) in [6.45, 7) is 0.384. The molecule has 0 aliphatic rings. The Morgan fingerprint density at radius 3 is 2.73 bits per heavy atom. The van der Waals surface area contributed by atoms with Gasteiger partial charge in [0.05, 0.1) is 32.0 Å². The lowest BCUT2D eigenvalue weighted by Crippen LogP contribution is -2.15. The molecule has 170 valence electrons. The molecule has 0 fully saturated rings. The van der Waals surface area contributed by atoms with Gasteiger partial charge in [0.25, 0.3) is 10.0 Å². The second-order valence-electron chi connectivity index (χ2n) is 7.32. The van der Waals surface area contributed by atoms with Gasteiger partial charge >= 0.3 is 0 Å². The topological polar surface area (TPSA) is 126 Å². The number of pyridine rings is 1. The van der Waals surface area contributed by atoms with Gasteiger partial charge in [-0.2, -0.15) is 5.10 Å². The minimum atomic E-state index is -4.08. The molecule has 0 spiro atoms. The highest BCUT2D eigenvalue weighted by atomic mass is 32.2. The second kappa shape index (κ2) is 7.81. The molecule has 33 heavy (non-hydrogen) atoms. The first kappa shape index (κ1) is 20.8. The summed E-state index contributed by atoms with van der Waals surface area (Å²) in [5.74, 6) is 0.352. The molecule has 0 atom stereocenters. The third kappa shape index (κ3) is 3.63. The quantitative estimate of drug-likeness (QED) is 0.386. The molecule has 11 nitrogen and oxygen atoms in total. The Morgan fingerprint density at radius 1 is 1.15 bits per heavy atom. The Hall–Kier alpha value is -4.06. The van der Waals surface area contributed by atoms with E-state index in [0.29, 0.717) is 23.2 Å². The van der Waals surface area contributed by atoms with Crippen molar-refractivity contribution in [2.24, 2.45) is 7.05 Å². The van der Waals surface area contributed by atoms with Crippen molar-refractivity contribution in [2.75, 3.05) is 18.9 Å². The standard InChI is InChI=1S/C21H20N6O5S/c1-26-8-5-13-9-18(16(30-2)11-15(13)26)33(28,29)25-20-19-17(32-24-20)10-14(23-21(19)31-3)12-27-7-4-6-22-27/h4-11H,12H2,1-3H3,(H,24,25). The maximum absolute atomic E-state index is 13.3. The summed E-state index contributed by atoms with van der Waals surface area (Å²) in [6.07, 6.45) is 5.31. The zero-order valence-corrected chi connectivity index (χ0v) is 18.8. The average molecular weight is 468 g/mol. The van der Waals surface area contributed by atoms with Crippen molar-refractivity contribution < 1.29 is 22.4 Å². The molecule has 12 heteroatoms. The van der Waals surface area contributed by atoms with Crippen LogP contribution in [0, 0.1) is 0 Å². The summed E-state index contributed by atoms with van der Waals surface area (Å²) in [5, 5.41) is 9.15. The smallest absolute Gasteiger partial charge is 0.266 e. The van der Waals surface area contributed by atoms with Crippen LogP contribution in [0.1, 0.15) is 5.69 Å². The van der Waals surface area contributed by atoms with Gasteiger partial charge in [0, 0.05) is 43.2 Å². The van der Waals surface area contributed by atoms with Gasteiger partial charge in [-0.3, -0.25) is 9.40 Å². The molecule has 0 amide bonds. The molecular weight excluding hydrogens is 448 g/mol. The lowest BCUT2D eigenvalue weighted by molar-refractivity contribution is 0.400. The normalized spacial score (nSPS) is 11.8. The van der Waals surface area contributed by atoms with E-state index in [9.17, 15) is 8.42 Å². The summed E-state index contributed by atoms with van der Waals surface area (Å²) in [6, 6.07) is 8.53.